The van der Waals surface area contributed by atoms with Crippen LogP contribution in [0.25, 0.3) is 0 Å². The molecule has 1 aliphatic heterocycles. The largest absolute Gasteiger partial charge is 0.350 e. The molecule has 1 aromatic heterocycles. The third-order valence-electron chi connectivity index (χ3n) is 4.19. The lowest BCUT2D eigenvalue weighted by Gasteiger charge is -2.29. The van der Waals surface area contributed by atoms with Gasteiger partial charge in [0.05, 0.1) is 0 Å². The van der Waals surface area contributed by atoms with Crippen molar-refractivity contribution >= 4 is 11.7 Å². The highest BCUT2D eigenvalue weighted by atomic mass is 16.2. The van der Waals surface area contributed by atoms with E-state index >= 15 is 0 Å². The van der Waals surface area contributed by atoms with E-state index < -0.39 is 0 Å². The highest BCUT2D eigenvalue weighted by molar-refractivity contribution is 5.86. The van der Waals surface area contributed by atoms with Gasteiger partial charge >= 0.3 is 0 Å². The van der Waals surface area contributed by atoms with Crippen molar-refractivity contribution in [2.45, 2.75) is 70.9 Å². The van der Waals surface area contributed by atoms with Crippen LogP contribution >= 0.6 is 0 Å². The molecular weight excluding hydrogens is 276 g/mol. The molecule has 22 heavy (non-hydrogen) atoms. The van der Waals surface area contributed by atoms with Crippen molar-refractivity contribution < 1.29 is 4.79 Å². The molecule has 0 radical (unpaired) electrons. The van der Waals surface area contributed by atoms with Gasteiger partial charge in [-0.15, -0.1) is 0 Å². The van der Waals surface area contributed by atoms with Crippen LogP contribution in [-0.2, 0) is 4.79 Å². The molecule has 120 valence electrons. The Balaban J connectivity index is 1.82. The number of aryl methyl sites for hydroxylation is 1. The number of rotatable bonds is 3. The van der Waals surface area contributed by atoms with Crippen LogP contribution in [0.15, 0.2) is 6.07 Å². The number of amides is 1. The van der Waals surface area contributed by atoms with Crippen LogP contribution in [0.5, 0.6) is 0 Å². The molecule has 0 spiro atoms. The monoisotopic (exact) mass is 302 g/mol. The summed E-state index contributed by atoms with van der Waals surface area (Å²) in [5.41, 5.74) is 0.941. The third-order valence-corrected chi connectivity index (χ3v) is 4.19. The van der Waals surface area contributed by atoms with E-state index in [4.69, 9.17) is 0 Å². The number of carbonyl (C=O) groups excluding carboxylic acids is 1. The molecule has 3 rings (SSSR count). The maximum Gasteiger partial charge on any atom is 0.243 e. The zero-order valence-corrected chi connectivity index (χ0v) is 14.0. The molecule has 0 aromatic carbocycles. The van der Waals surface area contributed by atoms with E-state index in [1.165, 1.54) is 12.8 Å². The van der Waals surface area contributed by atoms with Gasteiger partial charge in [-0.2, -0.15) is 0 Å². The third kappa shape index (κ3) is 3.39. The molecule has 1 amide bonds. The predicted octanol–water partition coefficient (Wildman–Crippen LogP) is 2.55. The summed E-state index contributed by atoms with van der Waals surface area (Å²) >= 11 is 0. The molecule has 2 heterocycles. The summed E-state index contributed by atoms with van der Waals surface area (Å²) < 4.78 is 0. The summed E-state index contributed by atoms with van der Waals surface area (Å²) in [6.45, 7) is 8.89. The Labute approximate surface area is 132 Å². The van der Waals surface area contributed by atoms with Gasteiger partial charge in [0.25, 0.3) is 0 Å². The minimum Gasteiger partial charge on any atom is -0.350 e. The topological polar surface area (TPSA) is 58.1 Å². The van der Waals surface area contributed by atoms with Gasteiger partial charge < -0.3 is 10.2 Å². The van der Waals surface area contributed by atoms with E-state index in [1.54, 1.807) is 0 Å². The molecule has 5 nitrogen and oxygen atoms in total. The van der Waals surface area contributed by atoms with Gasteiger partial charge in [-0.1, -0.05) is 0 Å². The molecule has 1 unspecified atom stereocenters. The minimum absolute atomic E-state index is 0.106. The average Bonchev–Trinajstić information content (AvgIpc) is 3.13. The van der Waals surface area contributed by atoms with Crippen molar-refractivity contribution in [3.63, 3.8) is 0 Å². The van der Waals surface area contributed by atoms with Crippen LogP contribution in [0.3, 0.4) is 0 Å². The zero-order valence-electron chi connectivity index (χ0n) is 14.0. The van der Waals surface area contributed by atoms with Gasteiger partial charge in [0.15, 0.2) is 0 Å². The maximum atomic E-state index is 12.6. The van der Waals surface area contributed by atoms with E-state index in [9.17, 15) is 4.79 Å². The van der Waals surface area contributed by atoms with Crippen LogP contribution in [0, 0.1) is 6.92 Å². The van der Waals surface area contributed by atoms with Crippen molar-refractivity contribution in [3.05, 3.63) is 17.6 Å². The predicted molar refractivity (Wildman–Crippen MR) is 87.0 cm³/mol. The average molecular weight is 302 g/mol. The van der Waals surface area contributed by atoms with Crippen LogP contribution < -0.4 is 10.2 Å². The highest BCUT2D eigenvalue weighted by Crippen LogP contribution is 2.40. The second-order valence-electron chi connectivity index (χ2n) is 7.56. The number of carbonyl (C=O) groups is 1. The number of aromatic nitrogens is 2. The van der Waals surface area contributed by atoms with Gasteiger partial charge in [-0.25, -0.2) is 9.97 Å². The fourth-order valence-electron chi connectivity index (χ4n) is 3.08. The van der Waals surface area contributed by atoms with E-state index in [2.05, 4.69) is 26.3 Å². The normalized spacial score (nSPS) is 22.0. The number of nitrogens with one attached hydrogen (secondary N) is 1. The smallest absolute Gasteiger partial charge is 0.243 e. The second-order valence-corrected chi connectivity index (χ2v) is 7.56. The molecule has 5 heteroatoms. The quantitative estimate of drug-likeness (QED) is 0.932. The molecule has 1 aliphatic carbocycles. The first-order chi connectivity index (χ1) is 10.3. The van der Waals surface area contributed by atoms with Crippen molar-refractivity contribution in [2.24, 2.45) is 0 Å². The maximum absolute atomic E-state index is 12.6. The van der Waals surface area contributed by atoms with E-state index in [0.717, 1.165) is 36.7 Å². The first kappa shape index (κ1) is 15.3. The van der Waals surface area contributed by atoms with Gasteiger partial charge in [0, 0.05) is 29.8 Å². The number of anilines is 1. The van der Waals surface area contributed by atoms with Crippen molar-refractivity contribution in [2.75, 3.05) is 11.4 Å². The molecule has 1 atom stereocenters. The summed E-state index contributed by atoms with van der Waals surface area (Å²) in [5, 5.41) is 3.10. The molecular formula is C17H26N4O. The Kier molecular flexibility index (Phi) is 3.83. The first-order valence-electron chi connectivity index (χ1n) is 8.28. The number of hydrogen-bond donors (Lipinski definition) is 1. The highest BCUT2D eigenvalue weighted by Gasteiger charge is 2.34. The van der Waals surface area contributed by atoms with Gasteiger partial charge in [0.2, 0.25) is 5.91 Å². The van der Waals surface area contributed by atoms with Gasteiger partial charge in [-0.05, 0) is 53.4 Å². The summed E-state index contributed by atoms with van der Waals surface area (Å²) in [6, 6.07) is 1.98. The zero-order chi connectivity index (χ0) is 15.9. The van der Waals surface area contributed by atoms with Crippen LogP contribution in [-0.4, -0.2) is 34.0 Å². The first-order valence-corrected chi connectivity index (χ1v) is 8.28. The Hall–Kier alpha value is -1.65. The SMILES string of the molecule is Cc1nc(C2CC2)cc(N2CCCC2C(=O)NC(C)(C)C)n1. The van der Waals surface area contributed by atoms with E-state index in [-0.39, 0.29) is 17.5 Å². The van der Waals surface area contributed by atoms with Crippen LogP contribution in [0.2, 0.25) is 0 Å². The van der Waals surface area contributed by atoms with E-state index in [0.29, 0.717) is 5.92 Å². The molecule has 1 saturated carbocycles. The molecule has 2 fully saturated rings. The van der Waals surface area contributed by atoms with Crippen LogP contribution in [0.4, 0.5) is 5.82 Å². The molecule has 2 aliphatic rings. The van der Waals surface area contributed by atoms with Gasteiger partial charge in [-0.3, -0.25) is 4.79 Å². The number of hydrogen-bond acceptors (Lipinski definition) is 4. The van der Waals surface area contributed by atoms with Crippen molar-refractivity contribution in [1.82, 2.24) is 15.3 Å². The molecule has 1 N–H and O–H groups in total. The fourth-order valence-corrected chi connectivity index (χ4v) is 3.08. The summed E-state index contributed by atoms with van der Waals surface area (Å²) in [5.74, 6) is 2.43. The summed E-state index contributed by atoms with van der Waals surface area (Å²) in [4.78, 5) is 23.9. The second kappa shape index (κ2) is 5.52. The standard InChI is InChI=1S/C17H26N4O/c1-11-18-13(12-7-8-12)10-15(19-11)21-9-5-6-14(21)16(22)20-17(2,3)4/h10,12,14H,5-9H2,1-4H3,(H,20,22). The summed E-state index contributed by atoms with van der Waals surface area (Å²) in [7, 11) is 0. The molecule has 1 aromatic rings. The van der Waals surface area contributed by atoms with Gasteiger partial charge in [0.1, 0.15) is 17.7 Å². The molecule has 0 bridgehead atoms. The lowest BCUT2D eigenvalue weighted by Crippen LogP contribution is -2.50. The Morgan fingerprint density at radius 2 is 2.00 bits per heavy atom. The van der Waals surface area contributed by atoms with Crippen molar-refractivity contribution in [3.8, 4) is 0 Å². The lowest BCUT2D eigenvalue weighted by molar-refractivity contribution is -0.123. The Morgan fingerprint density at radius 3 is 2.64 bits per heavy atom. The summed E-state index contributed by atoms with van der Waals surface area (Å²) in [6.07, 6.45) is 4.38. The van der Waals surface area contributed by atoms with E-state index in [1.807, 2.05) is 27.7 Å². The molecule has 1 saturated heterocycles. The van der Waals surface area contributed by atoms with Crippen LogP contribution in [0.1, 0.15) is 63.9 Å². The number of nitrogens with zero attached hydrogens (tertiary/aromatic N) is 3. The Bertz CT molecular complexity index is 575. The Morgan fingerprint density at radius 1 is 1.27 bits per heavy atom. The fraction of sp³-hybridized carbons (Fsp3) is 0.706. The lowest BCUT2D eigenvalue weighted by atomic mass is 10.1. The van der Waals surface area contributed by atoms with Crippen molar-refractivity contribution in [1.29, 1.82) is 0 Å². The minimum atomic E-state index is -0.202.